The van der Waals surface area contributed by atoms with Crippen LogP contribution in [0, 0.1) is 0 Å². The molecule has 0 N–H and O–H groups in total. The summed E-state index contributed by atoms with van der Waals surface area (Å²) in [5, 5.41) is 0. The van der Waals surface area contributed by atoms with Crippen molar-refractivity contribution in [3.8, 4) is 0 Å². The van der Waals surface area contributed by atoms with E-state index in [0.717, 1.165) is 0 Å². The van der Waals surface area contributed by atoms with Crippen LogP contribution < -0.4 is 0 Å². The minimum atomic E-state index is -5.92. The van der Waals surface area contributed by atoms with Gasteiger partial charge in [0.1, 0.15) is 0 Å². The summed E-state index contributed by atoms with van der Waals surface area (Å²) in [6.07, 6.45) is 0.268. The molecule has 0 bridgehead atoms. The van der Waals surface area contributed by atoms with Crippen molar-refractivity contribution in [2.45, 2.75) is 11.9 Å². The number of halogens is 3. The van der Waals surface area contributed by atoms with E-state index in [2.05, 4.69) is 0 Å². The first-order chi connectivity index (χ1) is 8.96. The molecule has 1 aromatic rings. The minimum absolute atomic E-state index is 0.150. The van der Waals surface area contributed by atoms with Crippen LogP contribution in [0.25, 0.3) is 0 Å². The highest BCUT2D eigenvalue weighted by molar-refractivity contribution is 8.04. The van der Waals surface area contributed by atoms with E-state index in [1.807, 2.05) is 0 Å². The summed E-state index contributed by atoms with van der Waals surface area (Å²) in [5.41, 5.74) is -5.13. The lowest BCUT2D eigenvalue weighted by Crippen LogP contribution is -2.44. The van der Waals surface area contributed by atoms with Crippen molar-refractivity contribution in [3.63, 3.8) is 0 Å². The fraction of sp³-hybridized carbons (Fsp3) is 0.400. The second-order valence-electron chi connectivity index (χ2n) is 3.95. The highest BCUT2D eigenvalue weighted by atomic mass is 32.3. The van der Waals surface area contributed by atoms with E-state index in [-0.39, 0.29) is 6.42 Å². The third-order valence-electron chi connectivity index (χ3n) is 2.36. The van der Waals surface area contributed by atoms with Gasteiger partial charge in [-0.15, -0.1) is 0 Å². The highest BCUT2D eigenvalue weighted by Crippen LogP contribution is 2.28. The molecular weight excluding hydrogens is 319 g/mol. The lowest BCUT2D eigenvalue weighted by Gasteiger charge is -2.21. The fourth-order valence-electron chi connectivity index (χ4n) is 1.44. The van der Waals surface area contributed by atoms with Crippen LogP contribution in [-0.4, -0.2) is 38.9 Å². The van der Waals surface area contributed by atoms with E-state index in [0.29, 0.717) is 11.8 Å². The predicted molar refractivity (Wildman–Crippen MR) is 66.7 cm³/mol. The van der Waals surface area contributed by atoms with Gasteiger partial charge in [0.25, 0.3) is 0 Å². The summed E-state index contributed by atoms with van der Waals surface area (Å²) in [5.74, 6) is 0. The molecule has 5 nitrogen and oxygen atoms in total. The summed E-state index contributed by atoms with van der Waals surface area (Å²) >= 11 is 0. The monoisotopic (exact) mass is 331 g/mol. The maximum absolute atomic E-state index is 12.4. The zero-order valence-corrected chi connectivity index (χ0v) is 12.0. The van der Waals surface area contributed by atoms with Gasteiger partial charge in [-0.25, -0.2) is 16.8 Å². The summed E-state index contributed by atoms with van der Waals surface area (Å²) in [6.45, 7) is -0.801. The molecule has 0 saturated carbocycles. The Kier molecular flexibility index (Phi) is 4.82. The van der Waals surface area contributed by atoms with Gasteiger partial charge in [0, 0.05) is 6.54 Å². The van der Waals surface area contributed by atoms with Crippen LogP contribution in [0.4, 0.5) is 13.2 Å². The smallest absolute Gasteiger partial charge is 0.212 e. The Balaban J connectivity index is 3.06. The lowest BCUT2D eigenvalue weighted by molar-refractivity contribution is -0.0469. The van der Waals surface area contributed by atoms with Gasteiger partial charge in [0.2, 0.25) is 10.0 Å². The zero-order valence-electron chi connectivity index (χ0n) is 10.3. The third-order valence-corrected chi connectivity index (χ3v) is 5.98. The van der Waals surface area contributed by atoms with Crippen molar-refractivity contribution >= 4 is 20.0 Å². The number of hydrogen-bond donors (Lipinski definition) is 0. The van der Waals surface area contributed by atoms with E-state index >= 15 is 0 Å². The number of benzene rings is 1. The molecular formula is C10H12F3NO4S2. The van der Waals surface area contributed by atoms with Crippen molar-refractivity contribution in [3.05, 3.63) is 35.9 Å². The molecule has 0 aliphatic heterocycles. The Morgan fingerprint density at radius 1 is 1.05 bits per heavy atom. The molecule has 0 aliphatic carbocycles. The molecule has 10 heteroatoms. The number of rotatable bonds is 5. The van der Waals surface area contributed by atoms with Gasteiger partial charge in [-0.3, -0.25) is 0 Å². The van der Waals surface area contributed by atoms with Gasteiger partial charge in [-0.05, 0) is 12.0 Å². The Morgan fingerprint density at radius 2 is 1.55 bits per heavy atom. The van der Waals surface area contributed by atoms with E-state index < -0.39 is 35.8 Å². The van der Waals surface area contributed by atoms with E-state index in [1.54, 1.807) is 30.3 Å². The highest BCUT2D eigenvalue weighted by Gasteiger charge is 2.52. The molecule has 1 rings (SSSR count). The van der Waals surface area contributed by atoms with Crippen LogP contribution in [0.5, 0.6) is 0 Å². The van der Waals surface area contributed by atoms with Crippen molar-refractivity contribution in [2.24, 2.45) is 0 Å². The van der Waals surface area contributed by atoms with Crippen LogP contribution in [0.3, 0.4) is 0 Å². The molecule has 114 valence electrons. The topological polar surface area (TPSA) is 71.5 Å². The number of hydrogen-bond acceptors (Lipinski definition) is 4. The maximum Gasteiger partial charge on any atom is 0.512 e. The fourth-order valence-corrected chi connectivity index (χ4v) is 4.11. The molecule has 0 radical (unpaired) electrons. The predicted octanol–water partition coefficient (Wildman–Crippen LogP) is 1.34. The Labute approximate surface area is 115 Å². The number of alkyl halides is 3. The minimum Gasteiger partial charge on any atom is -0.212 e. The standard InChI is InChI=1S/C10H12F3NO4S2/c1-19(15,16)14(20(17,18)10(11,12)13)8-7-9-5-3-2-4-6-9/h2-6H,7-8H2,1H3. The van der Waals surface area contributed by atoms with Gasteiger partial charge in [-0.1, -0.05) is 34.0 Å². The van der Waals surface area contributed by atoms with Gasteiger partial charge < -0.3 is 0 Å². The van der Waals surface area contributed by atoms with E-state index in [9.17, 15) is 30.0 Å². The number of nitrogens with zero attached hydrogens (tertiary/aromatic N) is 1. The van der Waals surface area contributed by atoms with Crippen LogP contribution in [0.15, 0.2) is 30.3 Å². The first kappa shape index (κ1) is 16.9. The lowest BCUT2D eigenvalue weighted by atomic mass is 10.2. The zero-order chi connectivity index (χ0) is 15.6. The second-order valence-corrected chi connectivity index (χ2v) is 7.94. The van der Waals surface area contributed by atoms with E-state index in [4.69, 9.17) is 0 Å². The van der Waals surface area contributed by atoms with Gasteiger partial charge in [0.05, 0.1) is 6.26 Å². The molecule has 20 heavy (non-hydrogen) atoms. The molecule has 0 aromatic heterocycles. The van der Waals surface area contributed by atoms with Crippen molar-refractivity contribution in [2.75, 3.05) is 12.8 Å². The quantitative estimate of drug-likeness (QED) is 0.816. The Hall–Kier alpha value is -1.13. The molecule has 0 unspecified atom stereocenters. The molecule has 0 fully saturated rings. The average Bonchev–Trinajstić information content (AvgIpc) is 2.27. The normalized spacial score (nSPS) is 13.7. The van der Waals surface area contributed by atoms with Crippen molar-refractivity contribution in [1.29, 1.82) is 0 Å². The first-order valence-corrected chi connectivity index (χ1v) is 8.58. The summed E-state index contributed by atoms with van der Waals surface area (Å²) in [6, 6.07) is 8.00. The SMILES string of the molecule is CS(=O)(=O)N(CCc1ccccc1)S(=O)(=O)C(F)(F)F. The van der Waals surface area contributed by atoms with E-state index in [1.165, 1.54) is 0 Å². The second kappa shape index (κ2) is 5.70. The van der Waals surface area contributed by atoms with Gasteiger partial charge in [-0.2, -0.15) is 13.2 Å². The van der Waals surface area contributed by atoms with Gasteiger partial charge >= 0.3 is 15.5 Å². The van der Waals surface area contributed by atoms with Crippen LogP contribution in [-0.2, 0) is 26.5 Å². The van der Waals surface area contributed by atoms with Crippen LogP contribution in [0.2, 0.25) is 0 Å². The van der Waals surface area contributed by atoms with Crippen molar-refractivity contribution in [1.82, 2.24) is 3.71 Å². The van der Waals surface area contributed by atoms with Crippen LogP contribution in [0.1, 0.15) is 5.56 Å². The molecule has 0 atom stereocenters. The first-order valence-electron chi connectivity index (χ1n) is 5.29. The molecule has 0 heterocycles. The van der Waals surface area contributed by atoms with Crippen LogP contribution >= 0.6 is 0 Å². The maximum atomic E-state index is 12.4. The summed E-state index contributed by atoms with van der Waals surface area (Å²) < 4.78 is 81.9. The molecule has 0 spiro atoms. The third kappa shape index (κ3) is 3.93. The number of sulfonamides is 2. The molecule has 0 aliphatic rings. The average molecular weight is 331 g/mol. The molecule has 0 amide bonds. The summed E-state index contributed by atoms with van der Waals surface area (Å²) in [7, 11) is -10.5. The Morgan fingerprint density at radius 3 is 1.95 bits per heavy atom. The van der Waals surface area contributed by atoms with Crippen molar-refractivity contribution < 1.29 is 30.0 Å². The largest absolute Gasteiger partial charge is 0.512 e. The Bertz CT molecular complexity index is 653. The van der Waals surface area contributed by atoms with Gasteiger partial charge in [0.15, 0.2) is 0 Å². The summed E-state index contributed by atoms with van der Waals surface area (Å²) in [4.78, 5) is 0. The molecule has 1 aromatic carbocycles. The molecule has 0 saturated heterocycles.